The van der Waals surface area contributed by atoms with E-state index in [0.717, 1.165) is 6.42 Å². The first-order valence-corrected chi connectivity index (χ1v) is 13.3. The predicted octanol–water partition coefficient (Wildman–Crippen LogP) is 4.12. The number of carbonyl (C=O) groups is 1. The zero-order valence-corrected chi connectivity index (χ0v) is 22.2. The quantitative estimate of drug-likeness (QED) is 0.263. The number of hydrogen-bond donors (Lipinski definition) is 3. The summed E-state index contributed by atoms with van der Waals surface area (Å²) in [5.41, 5.74) is 8.44. The van der Waals surface area contributed by atoms with E-state index < -0.39 is 23.2 Å². The second-order valence-electron chi connectivity index (χ2n) is 8.91. The van der Waals surface area contributed by atoms with E-state index in [1.54, 1.807) is 56.7 Å². The number of fused-ring (bicyclic) bond motifs is 1. The Morgan fingerprint density at radius 3 is 2.38 bits per heavy atom. The molecule has 3 aromatic carbocycles. The number of aromatic nitrogens is 2. The van der Waals surface area contributed by atoms with Gasteiger partial charge in [0, 0.05) is 36.1 Å². The maximum absolute atomic E-state index is 12.9. The van der Waals surface area contributed by atoms with Crippen molar-refractivity contribution in [1.29, 1.82) is 0 Å². The summed E-state index contributed by atoms with van der Waals surface area (Å²) >= 11 is -2.52. The molecule has 2 heterocycles. The van der Waals surface area contributed by atoms with E-state index in [1.165, 1.54) is 4.31 Å². The van der Waals surface area contributed by atoms with Crippen LogP contribution in [0.1, 0.15) is 12.8 Å². The van der Waals surface area contributed by atoms with Crippen LogP contribution in [0.25, 0.3) is 11.0 Å². The first-order valence-electron chi connectivity index (χ1n) is 12.2. The Labute approximate surface area is 228 Å². The van der Waals surface area contributed by atoms with Gasteiger partial charge in [0.15, 0.2) is 11.6 Å². The van der Waals surface area contributed by atoms with Gasteiger partial charge in [-0.15, -0.1) is 0 Å². The molecule has 1 aromatic heterocycles. The Morgan fingerprint density at radius 2 is 1.74 bits per heavy atom. The summed E-state index contributed by atoms with van der Waals surface area (Å²) in [6.07, 6.45) is 1.48. The van der Waals surface area contributed by atoms with Crippen molar-refractivity contribution in [3.8, 4) is 11.5 Å². The average molecular weight is 549 g/mol. The van der Waals surface area contributed by atoms with Crippen LogP contribution in [-0.2, 0) is 16.1 Å². The molecular weight excluding hydrogens is 520 g/mol. The third-order valence-corrected chi connectivity index (χ3v) is 7.19. The number of carbonyl (C=O) groups excluding carboxylic acids is 1. The molecule has 0 aliphatic carbocycles. The van der Waals surface area contributed by atoms with Crippen molar-refractivity contribution in [1.82, 2.24) is 9.97 Å². The summed E-state index contributed by atoms with van der Waals surface area (Å²) in [4.78, 5) is 23.4. The third kappa shape index (κ3) is 5.42. The van der Waals surface area contributed by atoms with Crippen LogP contribution >= 0.6 is 0 Å². The van der Waals surface area contributed by atoms with Crippen molar-refractivity contribution >= 4 is 56.9 Å². The van der Waals surface area contributed by atoms with Gasteiger partial charge < -0.3 is 25.4 Å². The summed E-state index contributed by atoms with van der Waals surface area (Å²) in [7, 11) is 3.10. The highest BCUT2D eigenvalue weighted by molar-refractivity contribution is 7.81. The zero-order valence-electron chi connectivity index (χ0n) is 21.4. The highest BCUT2D eigenvalue weighted by Crippen LogP contribution is 2.37. The normalized spacial score (nSPS) is 15.7. The van der Waals surface area contributed by atoms with E-state index in [2.05, 4.69) is 5.32 Å². The molecule has 202 valence electrons. The molecule has 11 nitrogen and oxygen atoms in total. The molecule has 0 bridgehead atoms. The van der Waals surface area contributed by atoms with Crippen molar-refractivity contribution in [2.24, 2.45) is 5.73 Å². The summed E-state index contributed by atoms with van der Waals surface area (Å²) in [6, 6.07) is 19.1. The highest BCUT2D eigenvalue weighted by atomic mass is 32.2. The Kier molecular flexibility index (Phi) is 7.48. The van der Waals surface area contributed by atoms with Gasteiger partial charge in [-0.25, -0.2) is 18.5 Å². The van der Waals surface area contributed by atoms with E-state index in [-0.39, 0.29) is 11.6 Å². The Balaban J connectivity index is 1.63. The van der Waals surface area contributed by atoms with Gasteiger partial charge in [0.2, 0.25) is 5.91 Å². The number of primary amides is 1. The smallest absolute Gasteiger partial charge is 0.268 e. The van der Waals surface area contributed by atoms with Crippen LogP contribution in [-0.4, -0.2) is 51.4 Å². The molecule has 0 radical (unpaired) electrons. The van der Waals surface area contributed by atoms with Gasteiger partial charge in [-0.1, -0.05) is 18.2 Å². The van der Waals surface area contributed by atoms with Gasteiger partial charge >= 0.3 is 0 Å². The number of nitrogens with one attached hydrogen (secondary N) is 1. The lowest BCUT2D eigenvalue weighted by Gasteiger charge is -2.27. The number of hydrogen-bond acceptors (Lipinski definition) is 8. The minimum atomic E-state index is -2.52. The standard InChI is InChI=1S/C27H28N6O5S/c1-37-20-13-17(14-21(16-20)38-2)29-26-27(31-23-10-4-3-9-22(23)30-26)33(39(35)36)19-8-5-7-18(15-19)32-12-6-11-24(32)25(28)34/h3-5,7-10,13-16,24H,6,11-12H2,1-2H3,(H2,28,34)(H,29,30)(H,35,36)/t24-/m0/s1. The number of rotatable bonds is 9. The molecule has 12 heteroatoms. The molecule has 1 fully saturated rings. The molecule has 0 saturated carbocycles. The Morgan fingerprint density at radius 1 is 1.05 bits per heavy atom. The maximum atomic E-state index is 12.9. The number of amides is 1. The van der Waals surface area contributed by atoms with Gasteiger partial charge in [-0.2, -0.15) is 0 Å². The Hall–Kier alpha value is -4.42. The molecule has 4 aromatic rings. The molecule has 1 unspecified atom stereocenters. The molecule has 1 amide bonds. The second-order valence-corrected chi connectivity index (χ2v) is 9.74. The summed E-state index contributed by atoms with van der Waals surface area (Å²) in [5.74, 6) is 1.07. The zero-order chi connectivity index (χ0) is 27.5. The second kappa shape index (κ2) is 11.1. The summed E-state index contributed by atoms with van der Waals surface area (Å²) < 4.78 is 35.3. The molecule has 2 atom stereocenters. The van der Waals surface area contributed by atoms with Crippen LogP contribution in [0.15, 0.2) is 66.7 Å². The van der Waals surface area contributed by atoms with Crippen molar-refractivity contribution in [2.75, 3.05) is 35.3 Å². The van der Waals surface area contributed by atoms with E-state index in [9.17, 15) is 13.6 Å². The van der Waals surface area contributed by atoms with Gasteiger partial charge in [0.25, 0.3) is 11.3 Å². The van der Waals surface area contributed by atoms with Crippen LogP contribution in [0.2, 0.25) is 0 Å². The summed E-state index contributed by atoms with van der Waals surface area (Å²) in [5, 5.41) is 3.22. The van der Waals surface area contributed by atoms with E-state index in [4.69, 9.17) is 25.2 Å². The van der Waals surface area contributed by atoms with Crippen LogP contribution in [0.5, 0.6) is 11.5 Å². The van der Waals surface area contributed by atoms with E-state index in [1.807, 2.05) is 29.2 Å². The largest absolute Gasteiger partial charge is 0.497 e. The van der Waals surface area contributed by atoms with Crippen molar-refractivity contribution in [3.63, 3.8) is 0 Å². The molecule has 4 N–H and O–H groups in total. The topological polar surface area (TPSA) is 143 Å². The van der Waals surface area contributed by atoms with Crippen LogP contribution in [0.4, 0.5) is 28.7 Å². The number of ether oxygens (including phenoxy) is 2. The lowest BCUT2D eigenvalue weighted by atomic mass is 10.2. The molecule has 1 saturated heterocycles. The highest BCUT2D eigenvalue weighted by Gasteiger charge is 2.30. The molecule has 39 heavy (non-hydrogen) atoms. The molecule has 0 spiro atoms. The van der Waals surface area contributed by atoms with E-state index >= 15 is 0 Å². The van der Waals surface area contributed by atoms with Gasteiger partial charge in [0.1, 0.15) is 17.5 Å². The molecular formula is C27H28N6O5S. The SMILES string of the molecule is COc1cc(Nc2nc3ccccc3nc2N(c2cccc(N3CCC[C@H]3C(N)=O)c2)S(=O)O)cc(OC)c1. The minimum absolute atomic E-state index is 0.126. The molecule has 1 aliphatic heterocycles. The summed E-state index contributed by atoms with van der Waals surface area (Å²) in [6.45, 7) is 0.652. The molecule has 1 aliphatic rings. The van der Waals surface area contributed by atoms with Crippen LogP contribution in [0.3, 0.4) is 0 Å². The minimum Gasteiger partial charge on any atom is -0.497 e. The lowest BCUT2D eigenvalue weighted by Crippen LogP contribution is -2.40. The fourth-order valence-corrected chi connectivity index (χ4v) is 5.26. The van der Waals surface area contributed by atoms with Gasteiger partial charge in [-0.05, 0) is 43.2 Å². The van der Waals surface area contributed by atoms with Crippen molar-refractivity contribution in [2.45, 2.75) is 18.9 Å². The number of nitrogens with zero attached hydrogens (tertiary/aromatic N) is 4. The third-order valence-electron chi connectivity index (χ3n) is 6.49. The van der Waals surface area contributed by atoms with Crippen molar-refractivity contribution < 1.29 is 23.0 Å². The Bertz CT molecular complexity index is 1530. The van der Waals surface area contributed by atoms with Gasteiger partial charge in [0.05, 0.1) is 30.9 Å². The number of anilines is 5. The van der Waals surface area contributed by atoms with Gasteiger partial charge in [-0.3, -0.25) is 9.35 Å². The predicted molar refractivity (Wildman–Crippen MR) is 151 cm³/mol. The maximum Gasteiger partial charge on any atom is 0.268 e. The fourth-order valence-electron chi connectivity index (χ4n) is 4.69. The number of benzene rings is 3. The van der Waals surface area contributed by atoms with Crippen LogP contribution in [0, 0.1) is 0 Å². The van der Waals surface area contributed by atoms with Crippen molar-refractivity contribution in [3.05, 3.63) is 66.7 Å². The number of para-hydroxylation sites is 2. The lowest BCUT2D eigenvalue weighted by molar-refractivity contribution is -0.119. The first kappa shape index (κ1) is 26.2. The first-order chi connectivity index (χ1) is 18.9. The van der Waals surface area contributed by atoms with Crippen LogP contribution < -0.4 is 29.7 Å². The number of nitrogens with two attached hydrogens (primary N) is 1. The van der Waals surface area contributed by atoms with E-state index in [0.29, 0.717) is 52.6 Å². The monoisotopic (exact) mass is 548 g/mol. The average Bonchev–Trinajstić information content (AvgIpc) is 3.44. The fraction of sp³-hybridized carbons (Fsp3) is 0.222. The number of methoxy groups -OCH3 is 2. The molecule has 5 rings (SSSR count).